The first-order valence-electron chi connectivity index (χ1n) is 7.24. The van der Waals surface area contributed by atoms with E-state index in [-0.39, 0.29) is 6.04 Å². The Morgan fingerprint density at radius 3 is 2.70 bits per heavy atom. The number of hydrogen-bond acceptors (Lipinski definition) is 2. The fraction of sp³-hybridized carbons (Fsp3) is 0.600. The molecule has 2 nitrogen and oxygen atoms in total. The molecule has 5 heteroatoms. The molecule has 2 aliphatic rings. The normalized spacial score (nSPS) is 26.9. The molecule has 0 bridgehead atoms. The minimum atomic E-state index is -0.542. The Kier molecular flexibility index (Phi) is 4.00. The molecule has 1 aromatic carbocycles. The van der Waals surface area contributed by atoms with Gasteiger partial charge in [0.25, 0.3) is 0 Å². The molecule has 1 saturated heterocycles. The lowest BCUT2D eigenvalue weighted by Crippen LogP contribution is -2.57. The van der Waals surface area contributed by atoms with Crippen LogP contribution in [0.1, 0.15) is 26.2 Å². The van der Waals surface area contributed by atoms with E-state index in [0.29, 0.717) is 16.2 Å². The van der Waals surface area contributed by atoms with Crippen molar-refractivity contribution in [3.05, 3.63) is 28.2 Å². The van der Waals surface area contributed by atoms with Gasteiger partial charge in [-0.3, -0.25) is 0 Å². The van der Waals surface area contributed by atoms with Gasteiger partial charge in [0, 0.05) is 35.7 Å². The highest BCUT2D eigenvalue weighted by Gasteiger charge is 2.38. The Bertz CT molecular complexity index is 482. The minimum Gasteiger partial charge on any atom is -0.362 e. The van der Waals surface area contributed by atoms with Gasteiger partial charge in [-0.25, -0.2) is 8.78 Å². The molecule has 2 atom stereocenters. The van der Waals surface area contributed by atoms with Crippen molar-refractivity contribution < 1.29 is 8.78 Å². The lowest BCUT2D eigenvalue weighted by Gasteiger charge is -2.42. The summed E-state index contributed by atoms with van der Waals surface area (Å²) in [6.45, 7) is 3.76. The molecule has 3 rings (SSSR count). The number of hydrogen-bond donors (Lipinski definition) is 1. The number of anilines is 1. The molecular formula is C15H19BrF2N2. The first-order valence-corrected chi connectivity index (χ1v) is 8.04. The van der Waals surface area contributed by atoms with Crippen LogP contribution in [-0.2, 0) is 0 Å². The van der Waals surface area contributed by atoms with Gasteiger partial charge in [0.05, 0.1) is 5.69 Å². The third kappa shape index (κ3) is 2.70. The number of halogens is 3. The number of rotatable bonds is 3. The van der Waals surface area contributed by atoms with Crippen LogP contribution in [-0.4, -0.2) is 25.2 Å². The summed E-state index contributed by atoms with van der Waals surface area (Å²) < 4.78 is 28.0. The maximum Gasteiger partial charge on any atom is 0.150 e. The van der Waals surface area contributed by atoms with Crippen molar-refractivity contribution in [2.45, 2.75) is 38.3 Å². The molecule has 0 aromatic heterocycles. The molecule has 1 N–H and O–H groups in total. The fourth-order valence-corrected chi connectivity index (χ4v) is 3.72. The third-order valence-electron chi connectivity index (χ3n) is 4.38. The van der Waals surface area contributed by atoms with Crippen molar-refractivity contribution in [3.8, 4) is 0 Å². The summed E-state index contributed by atoms with van der Waals surface area (Å²) in [6.07, 6.45) is 3.46. The molecule has 2 unspecified atom stereocenters. The molecule has 1 aliphatic carbocycles. The monoisotopic (exact) mass is 344 g/mol. The van der Waals surface area contributed by atoms with Crippen LogP contribution in [0.15, 0.2) is 16.6 Å². The molecule has 110 valence electrons. The summed E-state index contributed by atoms with van der Waals surface area (Å²) in [6, 6.07) is 3.00. The molecule has 1 saturated carbocycles. The molecule has 1 aromatic rings. The number of nitrogens with zero attached hydrogens (tertiary/aromatic N) is 1. The molecule has 0 amide bonds. The Morgan fingerprint density at radius 1 is 1.35 bits per heavy atom. The summed E-state index contributed by atoms with van der Waals surface area (Å²) in [5, 5.41) is 3.58. The van der Waals surface area contributed by atoms with Crippen molar-refractivity contribution in [2.24, 2.45) is 5.92 Å². The van der Waals surface area contributed by atoms with E-state index in [4.69, 9.17) is 0 Å². The smallest absolute Gasteiger partial charge is 0.150 e. The van der Waals surface area contributed by atoms with E-state index in [1.165, 1.54) is 18.9 Å². The van der Waals surface area contributed by atoms with Crippen LogP contribution >= 0.6 is 15.9 Å². The van der Waals surface area contributed by atoms with Gasteiger partial charge < -0.3 is 10.2 Å². The maximum absolute atomic E-state index is 14.2. The largest absolute Gasteiger partial charge is 0.362 e. The molecular weight excluding hydrogens is 326 g/mol. The SMILES string of the molecule is CCC1CNC(C2CC2)CN1c1c(F)cc(F)cc1Br. The second kappa shape index (κ2) is 5.60. The fourth-order valence-electron chi connectivity index (χ4n) is 3.09. The Hall–Kier alpha value is -0.680. The quantitative estimate of drug-likeness (QED) is 0.899. The molecule has 1 heterocycles. The van der Waals surface area contributed by atoms with E-state index in [1.54, 1.807) is 0 Å². The van der Waals surface area contributed by atoms with Crippen LogP contribution in [0.4, 0.5) is 14.5 Å². The Labute approximate surface area is 126 Å². The van der Waals surface area contributed by atoms with Gasteiger partial charge in [-0.05, 0) is 47.2 Å². The lowest BCUT2D eigenvalue weighted by molar-refractivity contribution is 0.356. The van der Waals surface area contributed by atoms with Crippen LogP contribution in [0.25, 0.3) is 0 Å². The van der Waals surface area contributed by atoms with Gasteiger partial charge in [-0.15, -0.1) is 0 Å². The molecule has 0 radical (unpaired) electrons. The maximum atomic E-state index is 14.2. The van der Waals surface area contributed by atoms with Gasteiger partial charge in [0.1, 0.15) is 5.82 Å². The average molecular weight is 345 g/mol. The van der Waals surface area contributed by atoms with E-state index in [0.717, 1.165) is 31.5 Å². The predicted octanol–water partition coefficient (Wildman–Crippen LogP) is 3.69. The van der Waals surface area contributed by atoms with E-state index in [1.807, 2.05) is 0 Å². The summed E-state index contributed by atoms with van der Waals surface area (Å²) in [5.74, 6) is -0.301. The van der Waals surface area contributed by atoms with E-state index in [9.17, 15) is 8.78 Å². The van der Waals surface area contributed by atoms with Crippen LogP contribution in [0.2, 0.25) is 0 Å². The van der Waals surface area contributed by atoms with Crippen molar-refractivity contribution in [3.63, 3.8) is 0 Å². The van der Waals surface area contributed by atoms with Crippen molar-refractivity contribution in [1.29, 1.82) is 0 Å². The van der Waals surface area contributed by atoms with Crippen LogP contribution in [0, 0.1) is 17.6 Å². The van der Waals surface area contributed by atoms with Crippen molar-refractivity contribution >= 4 is 21.6 Å². The molecule has 1 aliphatic heterocycles. The van der Waals surface area contributed by atoms with Gasteiger partial charge in [-0.1, -0.05) is 6.92 Å². The molecule has 2 fully saturated rings. The third-order valence-corrected chi connectivity index (χ3v) is 4.99. The molecule has 20 heavy (non-hydrogen) atoms. The highest BCUT2D eigenvalue weighted by atomic mass is 79.9. The average Bonchev–Trinajstić information content (AvgIpc) is 3.21. The number of piperazine rings is 1. The summed E-state index contributed by atoms with van der Waals surface area (Å²) in [7, 11) is 0. The van der Waals surface area contributed by atoms with Crippen molar-refractivity contribution in [2.75, 3.05) is 18.0 Å². The van der Waals surface area contributed by atoms with Crippen LogP contribution in [0.5, 0.6) is 0 Å². The second-order valence-corrected chi connectivity index (χ2v) is 6.64. The number of nitrogens with one attached hydrogen (secondary N) is 1. The zero-order valence-corrected chi connectivity index (χ0v) is 13.1. The van der Waals surface area contributed by atoms with Crippen LogP contribution in [0.3, 0.4) is 0 Å². The highest BCUT2D eigenvalue weighted by molar-refractivity contribution is 9.10. The van der Waals surface area contributed by atoms with Gasteiger partial charge in [0.15, 0.2) is 5.82 Å². The Morgan fingerprint density at radius 2 is 2.10 bits per heavy atom. The minimum absolute atomic E-state index is 0.251. The summed E-state index contributed by atoms with van der Waals surface area (Å²) in [4.78, 5) is 2.11. The predicted molar refractivity (Wildman–Crippen MR) is 80.0 cm³/mol. The van der Waals surface area contributed by atoms with Gasteiger partial charge in [0.2, 0.25) is 0 Å². The summed E-state index contributed by atoms with van der Waals surface area (Å²) in [5.41, 5.74) is 0.505. The standard InChI is InChI=1S/C15H19BrF2N2/c1-2-11-7-19-14(9-3-4-9)8-20(11)15-12(16)5-10(17)6-13(15)18/h5-6,9,11,14,19H,2-4,7-8H2,1H3. The van der Waals surface area contributed by atoms with Crippen molar-refractivity contribution in [1.82, 2.24) is 5.32 Å². The van der Waals surface area contributed by atoms with Gasteiger partial charge >= 0.3 is 0 Å². The Balaban J connectivity index is 1.92. The first-order chi connectivity index (χ1) is 9.60. The zero-order valence-electron chi connectivity index (χ0n) is 11.5. The van der Waals surface area contributed by atoms with Crippen LogP contribution < -0.4 is 10.2 Å². The summed E-state index contributed by atoms with van der Waals surface area (Å²) >= 11 is 3.32. The van der Waals surface area contributed by atoms with Gasteiger partial charge in [-0.2, -0.15) is 0 Å². The highest BCUT2D eigenvalue weighted by Crippen LogP contribution is 2.38. The van der Waals surface area contributed by atoms with E-state index < -0.39 is 11.6 Å². The topological polar surface area (TPSA) is 15.3 Å². The first kappa shape index (κ1) is 14.3. The molecule has 0 spiro atoms. The zero-order chi connectivity index (χ0) is 14.3. The second-order valence-electron chi connectivity index (χ2n) is 5.78. The van der Waals surface area contributed by atoms with E-state index in [2.05, 4.69) is 33.1 Å². The number of benzene rings is 1. The lowest BCUT2D eigenvalue weighted by atomic mass is 10.0. The van der Waals surface area contributed by atoms with E-state index >= 15 is 0 Å².